The second-order valence-corrected chi connectivity index (χ2v) is 6.64. The van der Waals surface area contributed by atoms with Crippen molar-refractivity contribution in [2.24, 2.45) is 0 Å². The van der Waals surface area contributed by atoms with Crippen molar-refractivity contribution in [1.29, 1.82) is 0 Å². The number of aryl methyl sites for hydroxylation is 1. The van der Waals surface area contributed by atoms with Gasteiger partial charge in [0.1, 0.15) is 32.1 Å². The number of rotatable bonds is 6. The smallest absolute Gasteiger partial charge is 0.274 e. The van der Waals surface area contributed by atoms with Gasteiger partial charge in [0.15, 0.2) is 0 Å². The Morgan fingerprint density at radius 1 is 1.14 bits per heavy atom. The number of hydrogen-bond donors (Lipinski definition) is 1. The highest BCUT2D eigenvalue weighted by molar-refractivity contribution is 5.92. The molecule has 2 amide bonds. The molecule has 1 fully saturated rings. The molecule has 7 nitrogen and oxygen atoms in total. The average Bonchev–Trinajstić information content (AvgIpc) is 2.71. The second-order valence-electron chi connectivity index (χ2n) is 6.64. The Bertz CT molecular complexity index is 823. The highest BCUT2D eigenvalue weighted by Crippen LogP contribution is 2.15. The molecule has 1 aromatic carbocycles. The van der Waals surface area contributed by atoms with E-state index in [0.29, 0.717) is 13.1 Å². The van der Waals surface area contributed by atoms with E-state index in [9.17, 15) is 14.0 Å². The van der Waals surface area contributed by atoms with Gasteiger partial charge >= 0.3 is 0 Å². The normalized spacial score (nSPS) is 14.1. The summed E-state index contributed by atoms with van der Waals surface area (Å²) in [5.41, 5.74) is 0.863. The zero-order valence-electron chi connectivity index (χ0n) is 15.8. The van der Waals surface area contributed by atoms with Gasteiger partial charge in [0.05, 0.1) is 25.0 Å². The molecule has 0 bridgehead atoms. The molecular weight excluding hydrogens is 363 g/mol. The molecule has 0 aliphatic carbocycles. The summed E-state index contributed by atoms with van der Waals surface area (Å²) >= 11 is 0. The number of nitrogens with zero attached hydrogens (tertiary/aromatic N) is 2. The average molecular weight is 387 g/mol. The summed E-state index contributed by atoms with van der Waals surface area (Å²) < 4.78 is 18.9. The van der Waals surface area contributed by atoms with Crippen LogP contribution in [-0.4, -0.2) is 56.1 Å². The summed E-state index contributed by atoms with van der Waals surface area (Å²) in [6.07, 6.45) is 1.87. The summed E-state index contributed by atoms with van der Waals surface area (Å²) in [5.74, 6) is -0.144. The predicted molar refractivity (Wildman–Crippen MR) is 102 cm³/mol. The molecule has 28 heavy (non-hydrogen) atoms. The van der Waals surface area contributed by atoms with Gasteiger partial charge in [-0.1, -0.05) is 12.1 Å². The first-order valence-corrected chi connectivity index (χ1v) is 9.16. The van der Waals surface area contributed by atoms with E-state index in [0.717, 1.165) is 24.5 Å². The molecule has 1 aliphatic heterocycles. The van der Waals surface area contributed by atoms with E-state index in [1.165, 1.54) is 12.1 Å². The first-order chi connectivity index (χ1) is 13.5. The molecule has 0 radical (unpaired) electrons. The molecule has 1 aromatic heterocycles. The molecule has 2 N–H and O–H groups in total. The van der Waals surface area contributed by atoms with Crippen LogP contribution in [0.3, 0.4) is 0 Å². The van der Waals surface area contributed by atoms with Crippen molar-refractivity contribution < 1.29 is 23.7 Å². The van der Waals surface area contributed by atoms with Gasteiger partial charge in [-0.3, -0.25) is 14.5 Å². The lowest BCUT2D eigenvalue weighted by molar-refractivity contribution is -0.364. The number of hydrogen-bond acceptors (Lipinski definition) is 4. The number of piperazine rings is 1. The highest BCUT2D eigenvalue weighted by atomic mass is 19.1. The van der Waals surface area contributed by atoms with Crippen LogP contribution in [0.15, 0.2) is 42.6 Å². The summed E-state index contributed by atoms with van der Waals surface area (Å²) in [6.45, 7) is 3.90. The largest absolute Gasteiger partial charge is 0.362 e. The Morgan fingerprint density at radius 3 is 2.61 bits per heavy atom. The van der Waals surface area contributed by atoms with E-state index in [-0.39, 0.29) is 24.8 Å². The molecular formula is C20H24FN4O3+. The maximum absolute atomic E-state index is 13.7. The van der Waals surface area contributed by atoms with Crippen molar-refractivity contribution in [3.05, 3.63) is 54.0 Å². The van der Waals surface area contributed by atoms with E-state index in [1.807, 2.05) is 24.4 Å². The van der Waals surface area contributed by atoms with Crippen molar-refractivity contribution in [3.8, 4) is 0 Å². The molecule has 1 saturated heterocycles. The Morgan fingerprint density at radius 2 is 1.93 bits per heavy atom. The van der Waals surface area contributed by atoms with Crippen LogP contribution < -0.4 is 15.2 Å². The number of aromatic amines is 1. The van der Waals surface area contributed by atoms with Crippen molar-refractivity contribution in [2.45, 2.75) is 6.92 Å². The van der Waals surface area contributed by atoms with Gasteiger partial charge in [0.25, 0.3) is 5.82 Å². The molecule has 0 atom stereocenters. The van der Waals surface area contributed by atoms with Crippen molar-refractivity contribution in [2.75, 3.05) is 49.6 Å². The van der Waals surface area contributed by atoms with Crippen LogP contribution in [-0.2, 0) is 14.3 Å². The minimum Gasteiger partial charge on any atom is -0.362 e. The zero-order chi connectivity index (χ0) is 19.9. The van der Waals surface area contributed by atoms with Crippen LogP contribution >= 0.6 is 0 Å². The van der Waals surface area contributed by atoms with Crippen LogP contribution in [0, 0.1) is 12.7 Å². The molecule has 8 heteroatoms. The maximum atomic E-state index is 13.7. The lowest BCUT2D eigenvalue weighted by Gasteiger charge is -2.30. The highest BCUT2D eigenvalue weighted by Gasteiger charge is 2.26. The first kappa shape index (κ1) is 19.8. The van der Waals surface area contributed by atoms with E-state index in [2.05, 4.69) is 15.2 Å². The van der Waals surface area contributed by atoms with Crippen LogP contribution in [0.2, 0.25) is 0 Å². The maximum Gasteiger partial charge on any atom is 0.274 e. The number of benzene rings is 1. The summed E-state index contributed by atoms with van der Waals surface area (Å²) in [5, 5.41) is 2.44. The fourth-order valence-corrected chi connectivity index (χ4v) is 3.01. The van der Waals surface area contributed by atoms with Crippen LogP contribution in [0.5, 0.6) is 0 Å². The lowest BCUT2D eigenvalue weighted by Crippen LogP contribution is -2.51. The third kappa shape index (κ3) is 5.26. The Balaban J connectivity index is 1.38. The number of halogens is 1. The van der Waals surface area contributed by atoms with Gasteiger partial charge in [-0.15, -0.1) is 0 Å². The molecule has 0 unspecified atom stereocenters. The van der Waals surface area contributed by atoms with Crippen LogP contribution in [0.25, 0.3) is 0 Å². The minimum atomic E-state index is -0.502. The molecule has 0 saturated carbocycles. The number of carbonyl (C=O) groups excluding carboxylic acids is 2. The summed E-state index contributed by atoms with van der Waals surface area (Å²) in [7, 11) is 0. The zero-order valence-corrected chi connectivity index (χ0v) is 15.8. The standard InChI is InChI=1S/C20H23FN4O3/c1-15-5-6-17(16(21)12-15)23-19(26)13-28-14-20(27)25-10-8-24(9-11-25)18-4-2-3-7-22-18/h2-7,12H,8-11,13-14H2,1H3,(H,23,26)/p+1. The number of aromatic nitrogens is 1. The van der Waals surface area contributed by atoms with Crippen molar-refractivity contribution in [1.82, 2.24) is 4.90 Å². The van der Waals surface area contributed by atoms with Crippen LogP contribution in [0.1, 0.15) is 5.56 Å². The Hall–Kier alpha value is -3.00. The number of H-pyrrole nitrogens is 1. The number of carbonyl (C=O) groups is 2. The molecule has 148 valence electrons. The number of ether oxygens (including phenoxy) is 1. The Kier molecular flexibility index (Phi) is 6.54. The molecule has 2 aromatic rings. The van der Waals surface area contributed by atoms with Gasteiger partial charge in [-0.05, 0) is 30.7 Å². The van der Waals surface area contributed by atoms with Crippen molar-refractivity contribution in [3.63, 3.8) is 0 Å². The SMILES string of the molecule is Cc1ccc(NC(=O)COCC(=O)N2CCN(c3cccc[nH+]3)CC2)c(F)c1. The number of amides is 2. The first-order valence-electron chi connectivity index (χ1n) is 9.16. The van der Waals surface area contributed by atoms with Crippen LogP contribution in [0.4, 0.5) is 15.9 Å². The van der Waals surface area contributed by atoms with Gasteiger partial charge in [0, 0.05) is 6.07 Å². The monoisotopic (exact) mass is 387 g/mol. The molecule has 1 aliphatic rings. The van der Waals surface area contributed by atoms with Gasteiger partial charge in [0.2, 0.25) is 11.8 Å². The number of pyridine rings is 1. The van der Waals surface area contributed by atoms with Gasteiger partial charge < -0.3 is 15.0 Å². The van der Waals surface area contributed by atoms with Crippen molar-refractivity contribution >= 4 is 23.3 Å². The summed E-state index contributed by atoms with van der Waals surface area (Å²) in [6, 6.07) is 10.4. The minimum absolute atomic E-state index is 0.0966. The summed E-state index contributed by atoms with van der Waals surface area (Å²) in [4.78, 5) is 31.2. The molecule has 3 rings (SSSR count). The van der Waals surface area contributed by atoms with Gasteiger partial charge in [-0.2, -0.15) is 0 Å². The third-order valence-corrected chi connectivity index (χ3v) is 4.52. The fraction of sp³-hybridized carbons (Fsp3) is 0.350. The topological polar surface area (TPSA) is 76.0 Å². The van der Waals surface area contributed by atoms with Gasteiger partial charge in [-0.25, -0.2) is 9.37 Å². The number of anilines is 2. The quantitative estimate of drug-likeness (QED) is 0.810. The third-order valence-electron chi connectivity index (χ3n) is 4.52. The fourth-order valence-electron chi connectivity index (χ4n) is 3.01. The van der Waals surface area contributed by atoms with E-state index in [1.54, 1.807) is 17.9 Å². The molecule has 2 heterocycles. The van der Waals surface area contributed by atoms with E-state index >= 15 is 0 Å². The lowest BCUT2D eigenvalue weighted by atomic mass is 10.2. The van der Waals surface area contributed by atoms with E-state index in [4.69, 9.17) is 4.74 Å². The van der Waals surface area contributed by atoms with E-state index < -0.39 is 11.7 Å². The number of nitrogens with one attached hydrogen (secondary N) is 2. The molecule has 0 spiro atoms. The Labute approximate surface area is 163 Å². The predicted octanol–water partition coefficient (Wildman–Crippen LogP) is 1.25. The second kappa shape index (κ2) is 9.27.